The molecule has 20 heavy (non-hydrogen) atoms. The number of halogens is 1. The SMILES string of the molecule is Nc1cc2c3ccccc3c(Cl)cc2c2ccccc12. The van der Waals surface area contributed by atoms with E-state index in [0.717, 1.165) is 43.0 Å². The number of nitrogens with two attached hydrogens (primary N) is 1. The third-order valence-corrected chi connectivity index (χ3v) is 4.18. The van der Waals surface area contributed by atoms with Crippen LogP contribution in [0.4, 0.5) is 5.69 Å². The van der Waals surface area contributed by atoms with Gasteiger partial charge in [-0.25, -0.2) is 0 Å². The Balaban J connectivity index is 2.36. The van der Waals surface area contributed by atoms with Crippen molar-refractivity contribution in [3.63, 3.8) is 0 Å². The molecule has 0 saturated heterocycles. The monoisotopic (exact) mass is 277 g/mol. The van der Waals surface area contributed by atoms with Gasteiger partial charge in [0.05, 0.1) is 0 Å². The summed E-state index contributed by atoms with van der Waals surface area (Å²) in [7, 11) is 0. The minimum atomic E-state index is 0.781. The highest BCUT2D eigenvalue weighted by atomic mass is 35.5. The van der Waals surface area contributed by atoms with E-state index in [-0.39, 0.29) is 0 Å². The van der Waals surface area contributed by atoms with Gasteiger partial charge in [-0.3, -0.25) is 0 Å². The second kappa shape index (κ2) is 4.12. The summed E-state index contributed by atoms with van der Waals surface area (Å²) in [6.07, 6.45) is 0. The number of fused-ring (bicyclic) bond motifs is 5. The summed E-state index contributed by atoms with van der Waals surface area (Å²) in [6, 6.07) is 20.5. The highest BCUT2D eigenvalue weighted by Crippen LogP contribution is 2.37. The average molecular weight is 278 g/mol. The molecule has 96 valence electrons. The number of hydrogen-bond acceptors (Lipinski definition) is 1. The fourth-order valence-corrected chi connectivity index (χ4v) is 3.21. The van der Waals surface area contributed by atoms with Crippen molar-refractivity contribution < 1.29 is 0 Å². The molecule has 0 aliphatic heterocycles. The third-order valence-electron chi connectivity index (χ3n) is 3.86. The summed E-state index contributed by atoms with van der Waals surface area (Å²) in [5, 5.41) is 7.52. The van der Waals surface area contributed by atoms with Gasteiger partial charge in [-0.05, 0) is 33.7 Å². The summed E-state index contributed by atoms with van der Waals surface area (Å²) in [6.45, 7) is 0. The first kappa shape index (κ1) is 11.6. The Bertz CT molecular complexity index is 892. The molecule has 2 N–H and O–H groups in total. The lowest BCUT2D eigenvalue weighted by atomic mass is 9.96. The molecule has 0 amide bonds. The lowest BCUT2D eigenvalue weighted by molar-refractivity contribution is 1.76. The van der Waals surface area contributed by atoms with Gasteiger partial charge in [-0.1, -0.05) is 60.1 Å². The van der Waals surface area contributed by atoms with E-state index in [9.17, 15) is 0 Å². The van der Waals surface area contributed by atoms with E-state index >= 15 is 0 Å². The Morgan fingerprint density at radius 2 is 1.10 bits per heavy atom. The van der Waals surface area contributed by atoms with Crippen LogP contribution < -0.4 is 5.73 Å². The van der Waals surface area contributed by atoms with Crippen molar-refractivity contribution in [1.29, 1.82) is 0 Å². The van der Waals surface area contributed by atoms with Gasteiger partial charge in [0.25, 0.3) is 0 Å². The van der Waals surface area contributed by atoms with E-state index in [2.05, 4.69) is 18.2 Å². The van der Waals surface area contributed by atoms with Gasteiger partial charge in [0.15, 0.2) is 0 Å². The van der Waals surface area contributed by atoms with Crippen LogP contribution >= 0.6 is 11.6 Å². The zero-order valence-electron chi connectivity index (χ0n) is 10.7. The third kappa shape index (κ3) is 1.50. The number of benzene rings is 4. The molecule has 4 aromatic carbocycles. The fourth-order valence-electron chi connectivity index (χ4n) is 2.93. The summed E-state index contributed by atoms with van der Waals surface area (Å²) >= 11 is 6.44. The molecule has 4 rings (SSSR count). The zero-order valence-corrected chi connectivity index (χ0v) is 11.5. The van der Waals surface area contributed by atoms with Crippen LogP contribution in [0.15, 0.2) is 60.7 Å². The minimum absolute atomic E-state index is 0.781. The highest BCUT2D eigenvalue weighted by Gasteiger charge is 2.09. The van der Waals surface area contributed by atoms with Crippen molar-refractivity contribution in [1.82, 2.24) is 0 Å². The van der Waals surface area contributed by atoms with Crippen LogP contribution in [-0.4, -0.2) is 0 Å². The number of nitrogen functional groups attached to an aromatic ring is 1. The average Bonchev–Trinajstić information content (AvgIpc) is 2.49. The highest BCUT2D eigenvalue weighted by molar-refractivity contribution is 6.38. The molecule has 2 heteroatoms. The molecule has 0 bridgehead atoms. The Kier molecular flexibility index (Phi) is 2.38. The summed E-state index contributed by atoms with van der Waals surface area (Å²) in [4.78, 5) is 0. The first-order chi connectivity index (χ1) is 9.75. The van der Waals surface area contributed by atoms with Gasteiger partial charge in [0.1, 0.15) is 0 Å². The van der Waals surface area contributed by atoms with Gasteiger partial charge >= 0.3 is 0 Å². The normalized spacial score (nSPS) is 11.4. The Labute approximate surface area is 121 Å². The molecule has 0 aliphatic carbocycles. The zero-order chi connectivity index (χ0) is 13.7. The molecule has 0 fully saturated rings. The Hall–Kier alpha value is -2.25. The van der Waals surface area contributed by atoms with E-state index < -0.39 is 0 Å². The van der Waals surface area contributed by atoms with Crippen molar-refractivity contribution in [2.75, 3.05) is 5.73 Å². The van der Waals surface area contributed by atoms with E-state index in [1.54, 1.807) is 0 Å². The summed E-state index contributed by atoms with van der Waals surface area (Å²) < 4.78 is 0. The van der Waals surface area contributed by atoms with Crippen LogP contribution in [-0.2, 0) is 0 Å². The van der Waals surface area contributed by atoms with Crippen molar-refractivity contribution in [3.05, 3.63) is 65.7 Å². The molecule has 0 spiro atoms. The van der Waals surface area contributed by atoms with Crippen molar-refractivity contribution in [2.45, 2.75) is 0 Å². The van der Waals surface area contributed by atoms with Crippen LogP contribution in [0.1, 0.15) is 0 Å². The predicted molar refractivity (Wildman–Crippen MR) is 88.4 cm³/mol. The van der Waals surface area contributed by atoms with Crippen molar-refractivity contribution in [2.24, 2.45) is 0 Å². The topological polar surface area (TPSA) is 26.0 Å². The lowest BCUT2D eigenvalue weighted by Gasteiger charge is -2.11. The largest absolute Gasteiger partial charge is 0.398 e. The second-order valence-electron chi connectivity index (χ2n) is 5.01. The quantitative estimate of drug-likeness (QED) is 0.339. The van der Waals surface area contributed by atoms with Crippen LogP contribution in [0, 0.1) is 0 Å². The summed E-state index contributed by atoms with van der Waals surface area (Å²) in [5.41, 5.74) is 7.02. The second-order valence-corrected chi connectivity index (χ2v) is 5.42. The van der Waals surface area contributed by atoms with E-state index in [1.165, 1.54) is 0 Å². The summed E-state index contributed by atoms with van der Waals surface area (Å²) in [5.74, 6) is 0. The molecule has 0 saturated carbocycles. The van der Waals surface area contributed by atoms with Gasteiger partial charge in [0.2, 0.25) is 0 Å². The Morgan fingerprint density at radius 3 is 1.80 bits per heavy atom. The fraction of sp³-hybridized carbons (Fsp3) is 0. The van der Waals surface area contributed by atoms with Crippen LogP contribution in [0.5, 0.6) is 0 Å². The van der Waals surface area contributed by atoms with Crippen molar-refractivity contribution >= 4 is 49.6 Å². The van der Waals surface area contributed by atoms with E-state index in [4.69, 9.17) is 17.3 Å². The standard InChI is InChI=1S/C18H12ClN/c19-17-9-15-12-6-2-4-8-14(12)18(20)10-16(15)11-5-1-3-7-13(11)17/h1-10H,20H2. The van der Waals surface area contributed by atoms with Crippen LogP contribution in [0.25, 0.3) is 32.3 Å². The maximum absolute atomic E-state index is 6.44. The van der Waals surface area contributed by atoms with Gasteiger partial charge < -0.3 is 5.73 Å². The maximum atomic E-state index is 6.44. The molecule has 1 nitrogen and oxygen atoms in total. The molecule has 0 aromatic heterocycles. The van der Waals surface area contributed by atoms with E-state index in [1.807, 2.05) is 42.5 Å². The van der Waals surface area contributed by atoms with E-state index in [0.29, 0.717) is 0 Å². The van der Waals surface area contributed by atoms with Gasteiger partial charge in [-0.15, -0.1) is 0 Å². The molecule has 0 unspecified atom stereocenters. The smallest absolute Gasteiger partial charge is 0.0491 e. The van der Waals surface area contributed by atoms with Crippen molar-refractivity contribution in [3.8, 4) is 0 Å². The molecule has 4 aromatic rings. The Morgan fingerprint density at radius 1 is 0.600 bits per heavy atom. The van der Waals surface area contributed by atoms with Crippen LogP contribution in [0.2, 0.25) is 5.02 Å². The molecule has 0 heterocycles. The first-order valence-electron chi connectivity index (χ1n) is 6.54. The number of rotatable bonds is 0. The molecule has 0 aliphatic rings. The van der Waals surface area contributed by atoms with Gasteiger partial charge in [-0.2, -0.15) is 0 Å². The molecule has 0 atom stereocenters. The van der Waals surface area contributed by atoms with Gasteiger partial charge in [0, 0.05) is 21.5 Å². The van der Waals surface area contributed by atoms with Crippen LogP contribution in [0.3, 0.4) is 0 Å². The number of anilines is 1. The molecular formula is C18H12ClN. The molecule has 0 radical (unpaired) electrons. The minimum Gasteiger partial charge on any atom is -0.398 e. The first-order valence-corrected chi connectivity index (χ1v) is 6.92. The predicted octanol–water partition coefficient (Wildman–Crippen LogP) is 5.38. The lowest BCUT2D eigenvalue weighted by Crippen LogP contribution is -1.89. The maximum Gasteiger partial charge on any atom is 0.0491 e. The molecular weight excluding hydrogens is 266 g/mol. The number of hydrogen-bond donors (Lipinski definition) is 1.